The van der Waals surface area contributed by atoms with Crippen LogP contribution in [0.2, 0.25) is 0 Å². The fourth-order valence-corrected chi connectivity index (χ4v) is 2.88. The van der Waals surface area contributed by atoms with Crippen molar-refractivity contribution in [3.8, 4) is 6.07 Å². The number of aliphatic hydroxyl groups excluding tert-OH is 1. The van der Waals surface area contributed by atoms with E-state index in [0.717, 1.165) is 4.90 Å². The van der Waals surface area contributed by atoms with Crippen LogP contribution in [0, 0.1) is 22.7 Å². The van der Waals surface area contributed by atoms with Gasteiger partial charge < -0.3 is 10.4 Å². The minimum atomic E-state index is -0.481. The maximum Gasteiger partial charge on any atom is 0.251 e. The summed E-state index contributed by atoms with van der Waals surface area (Å²) in [6, 6.07) is 9.28. The molecule has 2 N–H and O–H groups in total. The molecule has 0 spiro atoms. The third kappa shape index (κ3) is 5.36. The van der Waals surface area contributed by atoms with Crippen LogP contribution in [0.25, 0.3) is 0 Å². The van der Waals surface area contributed by atoms with E-state index in [1.54, 1.807) is 12.1 Å². The Hall–Kier alpha value is -1.51. The van der Waals surface area contributed by atoms with Crippen LogP contribution in [-0.2, 0) is 0 Å². The van der Waals surface area contributed by atoms with Crippen LogP contribution >= 0.6 is 11.8 Å². The van der Waals surface area contributed by atoms with Crippen molar-refractivity contribution in [3.63, 3.8) is 0 Å². The van der Waals surface area contributed by atoms with Gasteiger partial charge in [0.15, 0.2) is 0 Å². The first-order valence-corrected chi connectivity index (χ1v) is 8.32. The van der Waals surface area contributed by atoms with Gasteiger partial charge in [-0.1, -0.05) is 33.8 Å². The van der Waals surface area contributed by atoms with Crippen LogP contribution in [0.5, 0.6) is 0 Å². The highest BCUT2D eigenvalue weighted by atomic mass is 32.2. The van der Waals surface area contributed by atoms with Crippen LogP contribution in [0.1, 0.15) is 38.1 Å². The lowest BCUT2D eigenvalue weighted by Gasteiger charge is -2.33. The average molecular weight is 320 g/mol. The third-order valence-electron chi connectivity index (χ3n) is 3.54. The molecule has 0 fully saturated rings. The van der Waals surface area contributed by atoms with Crippen LogP contribution in [0.15, 0.2) is 29.2 Å². The second-order valence-electron chi connectivity index (χ2n) is 6.33. The van der Waals surface area contributed by atoms with Crippen LogP contribution < -0.4 is 5.32 Å². The van der Waals surface area contributed by atoms with Gasteiger partial charge in [-0.2, -0.15) is 5.26 Å². The number of nitrogens with one attached hydrogen (secondary N) is 1. The van der Waals surface area contributed by atoms with E-state index < -0.39 is 11.5 Å². The van der Waals surface area contributed by atoms with E-state index in [2.05, 4.69) is 11.4 Å². The molecule has 120 valence electrons. The van der Waals surface area contributed by atoms with Gasteiger partial charge in [0, 0.05) is 22.4 Å². The number of hydrogen-bond donors (Lipinski definition) is 2. The van der Waals surface area contributed by atoms with Gasteiger partial charge in [0.05, 0.1) is 17.9 Å². The van der Waals surface area contributed by atoms with Crippen molar-refractivity contribution in [2.45, 2.75) is 38.7 Å². The molecule has 1 aromatic rings. The van der Waals surface area contributed by atoms with Crippen molar-refractivity contribution in [3.05, 3.63) is 29.8 Å². The zero-order chi connectivity index (χ0) is 16.8. The molecule has 0 aliphatic carbocycles. The summed E-state index contributed by atoms with van der Waals surface area (Å²) < 4.78 is 0. The van der Waals surface area contributed by atoms with Gasteiger partial charge in [0.2, 0.25) is 0 Å². The number of nitriles is 1. The van der Waals surface area contributed by atoms with E-state index >= 15 is 0 Å². The Bertz CT molecular complexity index is 550. The smallest absolute Gasteiger partial charge is 0.251 e. The maximum atomic E-state index is 12.2. The third-order valence-corrected chi connectivity index (χ3v) is 4.40. The van der Waals surface area contributed by atoms with E-state index in [1.165, 1.54) is 11.8 Å². The normalized spacial score (nSPS) is 12.8. The molecule has 0 aliphatic rings. The lowest BCUT2D eigenvalue weighted by molar-refractivity contribution is 0.0138. The van der Waals surface area contributed by atoms with Gasteiger partial charge >= 0.3 is 0 Å². The molecule has 1 aromatic carbocycles. The minimum absolute atomic E-state index is 0.137. The van der Waals surface area contributed by atoms with Gasteiger partial charge in [-0.15, -0.1) is 11.8 Å². The first-order valence-electron chi connectivity index (χ1n) is 7.34. The molecule has 4 nitrogen and oxygen atoms in total. The monoisotopic (exact) mass is 320 g/mol. The Morgan fingerprint density at radius 2 is 2.14 bits per heavy atom. The number of hydrogen-bond acceptors (Lipinski definition) is 4. The first kappa shape index (κ1) is 18.5. The average Bonchev–Trinajstić information content (AvgIpc) is 2.50. The van der Waals surface area contributed by atoms with E-state index in [-0.39, 0.29) is 11.8 Å². The number of amides is 1. The summed E-state index contributed by atoms with van der Waals surface area (Å²) in [7, 11) is 0. The fraction of sp³-hybridized carbons (Fsp3) is 0.529. The Morgan fingerprint density at radius 3 is 2.73 bits per heavy atom. The summed E-state index contributed by atoms with van der Waals surface area (Å²) in [4.78, 5) is 13.1. The van der Waals surface area contributed by atoms with Gasteiger partial charge in [0.1, 0.15) is 0 Å². The zero-order valence-corrected chi connectivity index (χ0v) is 14.4. The standard InChI is InChI=1S/C17H24N2O2S/c1-12(2)15(20)17(3,4)11-19-16(21)13-6-5-7-14(10-13)22-9-8-18/h5-7,10,12,15,20H,9,11H2,1-4H3,(H,19,21). The van der Waals surface area contributed by atoms with Crippen molar-refractivity contribution < 1.29 is 9.90 Å². The second-order valence-corrected chi connectivity index (χ2v) is 7.38. The van der Waals surface area contributed by atoms with Crippen LogP contribution in [-0.4, -0.2) is 29.4 Å². The summed E-state index contributed by atoms with van der Waals surface area (Å²) in [5.74, 6) is 0.333. The number of carbonyl (C=O) groups excluding carboxylic acids is 1. The molecule has 0 saturated carbocycles. The Kier molecular flexibility index (Phi) is 6.92. The number of nitrogens with zero attached hydrogens (tertiary/aromatic N) is 1. The molecule has 0 aromatic heterocycles. The molecule has 0 heterocycles. The topological polar surface area (TPSA) is 73.1 Å². The fourth-order valence-electron chi connectivity index (χ4n) is 2.26. The van der Waals surface area contributed by atoms with Gasteiger partial charge in [0.25, 0.3) is 5.91 Å². The van der Waals surface area contributed by atoms with E-state index in [9.17, 15) is 9.90 Å². The summed E-state index contributed by atoms with van der Waals surface area (Å²) in [5.41, 5.74) is 0.176. The highest BCUT2D eigenvalue weighted by Crippen LogP contribution is 2.25. The summed E-state index contributed by atoms with van der Waals surface area (Å²) in [5, 5.41) is 21.7. The molecular weight excluding hydrogens is 296 g/mol. The molecule has 1 amide bonds. The Balaban J connectivity index is 2.68. The van der Waals surface area contributed by atoms with Crippen molar-refractivity contribution >= 4 is 17.7 Å². The molecule has 0 aliphatic heterocycles. The predicted octanol–water partition coefficient (Wildman–Crippen LogP) is 3.08. The molecular formula is C17H24N2O2S. The molecule has 0 radical (unpaired) electrons. The molecule has 1 atom stereocenters. The number of benzene rings is 1. The highest BCUT2D eigenvalue weighted by molar-refractivity contribution is 7.99. The van der Waals surface area contributed by atoms with Gasteiger partial charge in [-0.25, -0.2) is 0 Å². The van der Waals surface area contributed by atoms with E-state index in [4.69, 9.17) is 5.26 Å². The van der Waals surface area contributed by atoms with E-state index in [0.29, 0.717) is 17.9 Å². The molecule has 1 unspecified atom stereocenters. The molecule has 22 heavy (non-hydrogen) atoms. The quantitative estimate of drug-likeness (QED) is 0.757. The van der Waals surface area contributed by atoms with Crippen molar-refractivity contribution in [2.75, 3.05) is 12.3 Å². The molecule has 5 heteroatoms. The highest BCUT2D eigenvalue weighted by Gasteiger charge is 2.30. The SMILES string of the molecule is CC(C)C(O)C(C)(C)CNC(=O)c1cccc(SCC#N)c1. The molecule has 0 bridgehead atoms. The predicted molar refractivity (Wildman–Crippen MR) is 89.7 cm³/mol. The summed E-state index contributed by atoms with van der Waals surface area (Å²) >= 11 is 1.40. The van der Waals surface area contributed by atoms with Crippen LogP contribution in [0.3, 0.4) is 0 Å². The van der Waals surface area contributed by atoms with Gasteiger partial charge in [-0.3, -0.25) is 4.79 Å². The minimum Gasteiger partial charge on any atom is -0.392 e. The van der Waals surface area contributed by atoms with Crippen molar-refractivity contribution in [2.24, 2.45) is 11.3 Å². The van der Waals surface area contributed by atoms with E-state index in [1.807, 2.05) is 39.8 Å². The second kappa shape index (κ2) is 8.21. The molecule has 1 rings (SSSR count). The largest absolute Gasteiger partial charge is 0.392 e. The summed E-state index contributed by atoms with van der Waals surface area (Å²) in [6.45, 7) is 8.21. The van der Waals surface area contributed by atoms with Crippen molar-refractivity contribution in [1.29, 1.82) is 5.26 Å². The Morgan fingerprint density at radius 1 is 1.45 bits per heavy atom. The molecule has 0 saturated heterocycles. The van der Waals surface area contributed by atoms with Crippen molar-refractivity contribution in [1.82, 2.24) is 5.32 Å². The Labute approximate surface area is 136 Å². The maximum absolute atomic E-state index is 12.2. The lowest BCUT2D eigenvalue weighted by atomic mass is 9.80. The lowest BCUT2D eigenvalue weighted by Crippen LogP contribution is -2.43. The number of carbonyl (C=O) groups is 1. The van der Waals surface area contributed by atoms with Gasteiger partial charge in [-0.05, 0) is 24.1 Å². The summed E-state index contributed by atoms with van der Waals surface area (Å²) in [6.07, 6.45) is -0.481. The number of rotatable bonds is 7. The first-order chi connectivity index (χ1) is 10.3. The number of thioether (sulfide) groups is 1. The zero-order valence-electron chi connectivity index (χ0n) is 13.6. The number of aliphatic hydroxyl groups is 1. The van der Waals surface area contributed by atoms with Crippen LogP contribution in [0.4, 0.5) is 0 Å².